The van der Waals surface area contributed by atoms with Crippen LogP contribution in [0, 0.1) is 0 Å². The van der Waals surface area contributed by atoms with E-state index in [9.17, 15) is 0 Å². The van der Waals surface area contributed by atoms with E-state index in [1.807, 2.05) is 12.1 Å². The van der Waals surface area contributed by atoms with Crippen LogP contribution in [0.15, 0.2) is 16.6 Å². The van der Waals surface area contributed by atoms with E-state index in [0.29, 0.717) is 0 Å². The first-order valence-electron chi connectivity index (χ1n) is 6.06. The van der Waals surface area contributed by atoms with Crippen LogP contribution >= 0.6 is 27.5 Å². The summed E-state index contributed by atoms with van der Waals surface area (Å²) >= 11 is 10.1. The van der Waals surface area contributed by atoms with Crippen LogP contribution in [0.25, 0.3) is 10.9 Å². The minimum Gasteiger partial charge on any atom is -0.496 e. The van der Waals surface area contributed by atoms with Gasteiger partial charge in [0.05, 0.1) is 23.0 Å². The van der Waals surface area contributed by atoms with Gasteiger partial charge in [0, 0.05) is 10.2 Å². The predicted molar refractivity (Wildman–Crippen MR) is 77.6 cm³/mol. The van der Waals surface area contributed by atoms with Gasteiger partial charge in [-0.15, -0.1) is 0 Å². The molecule has 1 aliphatic rings. The number of hydrogen-bond donors (Lipinski definition) is 0. The predicted octanol–water partition coefficient (Wildman–Crippen LogP) is 4.54. The van der Waals surface area contributed by atoms with Crippen molar-refractivity contribution in [2.45, 2.75) is 25.7 Å². The Morgan fingerprint density at radius 2 is 2.06 bits per heavy atom. The van der Waals surface area contributed by atoms with E-state index < -0.39 is 0 Å². The Labute approximate surface area is 119 Å². The molecule has 0 unspecified atom stereocenters. The second-order valence-electron chi connectivity index (χ2n) is 4.53. The molecule has 18 heavy (non-hydrogen) atoms. The van der Waals surface area contributed by atoms with Crippen LogP contribution in [-0.2, 0) is 12.8 Å². The van der Waals surface area contributed by atoms with E-state index in [1.54, 1.807) is 7.11 Å². The van der Waals surface area contributed by atoms with Gasteiger partial charge in [-0.25, -0.2) is 0 Å². The molecule has 1 aliphatic carbocycles. The number of aromatic nitrogens is 1. The monoisotopic (exact) mass is 325 g/mol. The molecule has 0 amide bonds. The molecule has 0 radical (unpaired) electrons. The molecule has 0 fully saturated rings. The lowest BCUT2D eigenvalue weighted by Crippen LogP contribution is -2.07. The molecule has 2 nitrogen and oxygen atoms in total. The highest BCUT2D eigenvalue weighted by atomic mass is 79.9. The SMILES string of the molecule is COc1ccc(Br)c2nc3c(c(Cl)c12)CCCC3. The summed E-state index contributed by atoms with van der Waals surface area (Å²) in [6.45, 7) is 0. The number of hydrogen-bond acceptors (Lipinski definition) is 2. The Balaban J connectivity index is 2.41. The van der Waals surface area contributed by atoms with Crippen molar-refractivity contribution >= 4 is 38.4 Å². The molecule has 1 heterocycles. The lowest BCUT2D eigenvalue weighted by molar-refractivity contribution is 0.419. The van der Waals surface area contributed by atoms with E-state index in [2.05, 4.69) is 15.9 Å². The second-order valence-corrected chi connectivity index (χ2v) is 5.76. The maximum Gasteiger partial charge on any atom is 0.129 e. The molecule has 0 saturated heterocycles. The van der Waals surface area contributed by atoms with Crippen LogP contribution in [0.4, 0.5) is 0 Å². The van der Waals surface area contributed by atoms with Crippen LogP contribution in [-0.4, -0.2) is 12.1 Å². The third kappa shape index (κ3) is 1.81. The van der Waals surface area contributed by atoms with Gasteiger partial charge in [0.15, 0.2) is 0 Å². The molecule has 3 rings (SSSR count). The van der Waals surface area contributed by atoms with Gasteiger partial charge in [0.2, 0.25) is 0 Å². The van der Waals surface area contributed by atoms with Crippen molar-refractivity contribution in [1.82, 2.24) is 4.98 Å². The Bertz CT molecular complexity index is 627. The molecule has 0 spiro atoms. The molecule has 0 bridgehead atoms. The molecule has 1 aromatic heterocycles. The number of pyridine rings is 1. The highest BCUT2D eigenvalue weighted by Crippen LogP contribution is 2.40. The molecule has 0 aliphatic heterocycles. The summed E-state index contributed by atoms with van der Waals surface area (Å²) < 4.78 is 6.38. The summed E-state index contributed by atoms with van der Waals surface area (Å²) in [5.74, 6) is 0.791. The van der Waals surface area contributed by atoms with Gasteiger partial charge < -0.3 is 4.74 Å². The fourth-order valence-electron chi connectivity index (χ4n) is 2.57. The standard InChI is InChI=1S/C14H13BrClNO/c1-18-11-7-6-9(15)14-12(11)13(16)8-4-2-3-5-10(8)17-14/h6-7H,2-5H2,1H3. The van der Waals surface area contributed by atoms with Crippen molar-refractivity contribution in [2.24, 2.45) is 0 Å². The molecule has 1 aromatic carbocycles. The summed E-state index contributed by atoms with van der Waals surface area (Å²) in [6, 6.07) is 3.88. The number of methoxy groups -OCH3 is 1. The maximum absolute atomic E-state index is 6.57. The number of nitrogens with zero attached hydrogens (tertiary/aromatic N) is 1. The molecule has 0 atom stereocenters. The smallest absolute Gasteiger partial charge is 0.129 e. The summed E-state index contributed by atoms with van der Waals surface area (Å²) in [5.41, 5.74) is 3.25. The van der Waals surface area contributed by atoms with E-state index >= 15 is 0 Å². The van der Waals surface area contributed by atoms with Crippen molar-refractivity contribution < 1.29 is 4.74 Å². The Morgan fingerprint density at radius 3 is 2.83 bits per heavy atom. The minimum atomic E-state index is 0.791. The van der Waals surface area contributed by atoms with Crippen molar-refractivity contribution in [3.05, 3.63) is 32.9 Å². The Morgan fingerprint density at radius 1 is 1.28 bits per heavy atom. The summed E-state index contributed by atoms with van der Waals surface area (Å²) in [7, 11) is 1.67. The summed E-state index contributed by atoms with van der Waals surface area (Å²) in [5, 5.41) is 1.74. The van der Waals surface area contributed by atoms with Gasteiger partial charge in [0.1, 0.15) is 5.75 Å². The molecule has 0 N–H and O–H groups in total. The van der Waals surface area contributed by atoms with Crippen LogP contribution < -0.4 is 4.74 Å². The van der Waals surface area contributed by atoms with Gasteiger partial charge in [-0.1, -0.05) is 11.6 Å². The van der Waals surface area contributed by atoms with E-state index in [4.69, 9.17) is 21.3 Å². The van der Waals surface area contributed by atoms with Gasteiger partial charge in [-0.05, 0) is 59.3 Å². The lowest BCUT2D eigenvalue weighted by Gasteiger charge is -2.19. The highest BCUT2D eigenvalue weighted by Gasteiger charge is 2.20. The second kappa shape index (κ2) is 4.71. The fourth-order valence-corrected chi connectivity index (χ4v) is 3.38. The average molecular weight is 327 g/mol. The molecule has 0 saturated carbocycles. The number of benzene rings is 1. The molecule has 2 aromatic rings. The lowest BCUT2D eigenvalue weighted by atomic mass is 9.94. The molecular weight excluding hydrogens is 314 g/mol. The summed E-state index contributed by atoms with van der Waals surface area (Å²) in [4.78, 5) is 4.77. The number of rotatable bonds is 1. The fraction of sp³-hybridized carbons (Fsp3) is 0.357. The molecule has 4 heteroatoms. The zero-order chi connectivity index (χ0) is 12.7. The first-order chi connectivity index (χ1) is 8.72. The maximum atomic E-state index is 6.57. The number of aryl methyl sites for hydroxylation is 1. The van der Waals surface area contributed by atoms with Crippen molar-refractivity contribution in [1.29, 1.82) is 0 Å². The van der Waals surface area contributed by atoms with E-state index in [0.717, 1.165) is 44.7 Å². The number of halogens is 2. The van der Waals surface area contributed by atoms with Crippen LogP contribution in [0.5, 0.6) is 5.75 Å². The van der Waals surface area contributed by atoms with Crippen molar-refractivity contribution in [2.75, 3.05) is 7.11 Å². The largest absolute Gasteiger partial charge is 0.496 e. The average Bonchev–Trinajstić information content (AvgIpc) is 2.40. The number of fused-ring (bicyclic) bond motifs is 2. The summed E-state index contributed by atoms with van der Waals surface area (Å²) in [6.07, 6.45) is 4.43. The zero-order valence-electron chi connectivity index (χ0n) is 10.1. The normalized spacial score (nSPS) is 14.6. The quantitative estimate of drug-likeness (QED) is 0.767. The minimum absolute atomic E-state index is 0.791. The van der Waals surface area contributed by atoms with E-state index in [-0.39, 0.29) is 0 Å². The van der Waals surface area contributed by atoms with Crippen LogP contribution in [0.2, 0.25) is 5.02 Å². The first-order valence-corrected chi connectivity index (χ1v) is 7.23. The van der Waals surface area contributed by atoms with Crippen LogP contribution in [0.3, 0.4) is 0 Å². The van der Waals surface area contributed by atoms with Crippen molar-refractivity contribution in [3.8, 4) is 5.75 Å². The zero-order valence-corrected chi connectivity index (χ0v) is 12.4. The van der Waals surface area contributed by atoms with Gasteiger partial charge in [-0.3, -0.25) is 4.98 Å². The van der Waals surface area contributed by atoms with Crippen molar-refractivity contribution in [3.63, 3.8) is 0 Å². The molecular formula is C14H13BrClNO. The first kappa shape index (κ1) is 12.2. The van der Waals surface area contributed by atoms with Gasteiger partial charge >= 0.3 is 0 Å². The van der Waals surface area contributed by atoms with Crippen LogP contribution in [0.1, 0.15) is 24.1 Å². The third-order valence-electron chi connectivity index (χ3n) is 3.48. The Hall–Kier alpha value is -0.800. The number of ether oxygens (including phenoxy) is 1. The topological polar surface area (TPSA) is 22.1 Å². The van der Waals surface area contributed by atoms with Gasteiger partial charge in [-0.2, -0.15) is 0 Å². The Kier molecular flexibility index (Phi) is 3.20. The molecule has 94 valence electrons. The van der Waals surface area contributed by atoms with Gasteiger partial charge in [0.25, 0.3) is 0 Å². The third-order valence-corrected chi connectivity index (χ3v) is 4.54. The highest BCUT2D eigenvalue weighted by molar-refractivity contribution is 9.10. The van der Waals surface area contributed by atoms with E-state index in [1.165, 1.54) is 18.4 Å².